The zero-order valence-electron chi connectivity index (χ0n) is 20.7. The Balaban J connectivity index is 1.23. The molecule has 0 aliphatic heterocycles. The van der Waals surface area contributed by atoms with Crippen LogP contribution in [0.25, 0.3) is 40.4 Å². The van der Waals surface area contributed by atoms with Crippen molar-refractivity contribution in [1.82, 2.24) is 0 Å². The van der Waals surface area contributed by atoms with Gasteiger partial charge in [0.1, 0.15) is 5.75 Å². The van der Waals surface area contributed by atoms with E-state index in [4.69, 9.17) is 10.5 Å². The first-order valence-electron chi connectivity index (χ1n) is 12.0. The van der Waals surface area contributed by atoms with Crippen LogP contribution in [-0.2, 0) is 6.42 Å². The maximum atomic E-state index is 5.97. The SMILES string of the molecule is CCc1cc(-c2ccc(NC)s2)sc1-c1ccc(C2=CC=C(c3sc(-c4ccc(N)s4)cc3OC)C2)s1. The Bertz CT molecular complexity index is 1640. The van der Waals surface area contributed by atoms with Crippen molar-refractivity contribution in [2.75, 3.05) is 25.2 Å². The molecular weight excluding hydrogens is 553 g/mol. The minimum Gasteiger partial charge on any atom is -0.495 e. The molecule has 0 spiro atoms. The number of allylic oxidation sites excluding steroid dienone is 4. The minimum absolute atomic E-state index is 0.837. The summed E-state index contributed by atoms with van der Waals surface area (Å²) in [6, 6.07) is 17.5. The molecule has 0 saturated heterocycles. The molecule has 3 nitrogen and oxygen atoms in total. The lowest BCUT2D eigenvalue weighted by molar-refractivity contribution is 0.415. The van der Waals surface area contributed by atoms with Crippen LogP contribution in [-0.4, -0.2) is 14.2 Å². The summed E-state index contributed by atoms with van der Waals surface area (Å²) < 4.78 is 5.76. The first-order chi connectivity index (χ1) is 18.1. The maximum absolute atomic E-state index is 5.97. The van der Waals surface area contributed by atoms with Crippen molar-refractivity contribution < 1.29 is 4.74 Å². The van der Waals surface area contributed by atoms with Crippen LogP contribution >= 0.6 is 56.7 Å². The molecule has 5 aromatic heterocycles. The summed E-state index contributed by atoms with van der Waals surface area (Å²) in [6.07, 6.45) is 6.49. The molecule has 0 amide bonds. The van der Waals surface area contributed by atoms with Crippen molar-refractivity contribution in [2.45, 2.75) is 19.8 Å². The number of rotatable bonds is 8. The van der Waals surface area contributed by atoms with Crippen LogP contribution in [0.1, 0.15) is 28.7 Å². The second kappa shape index (κ2) is 10.3. The zero-order chi connectivity index (χ0) is 25.5. The average molecular weight is 579 g/mol. The molecule has 1 aliphatic rings. The van der Waals surface area contributed by atoms with E-state index in [1.807, 2.05) is 47.1 Å². The number of hydrogen-bond donors (Lipinski definition) is 2. The first kappa shape index (κ1) is 24.7. The van der Waals surface area contributed by atoms with E-state index >= 15 is 0 Å². The maximum Gasteiger partial charge on any atom is 0.137 e. The van der Waals surface area contributed by atoms with Crippen molar-refractivity contribution in [2.24, 2.45) is 0 Å². The Morgan fingerprint density at radius 1 is 0.757 bits per heavy atom. The number of nitrogen functional groups attached to an aromatic ring is 1. The van der Waals surface area contributed by atoms with E-state index < -0.39 is 0 Å². The predicted molar refractivity (Wildman–Crippen MR) is 169 cm³/mol. The van der Waals surface area contributed by atoms with Gasteiger partial charge in [-0.05, 0) is 65.6 Å². The van der Waals surface area contributed by atoms with E-state index in [1.54, 1.807) is 29.8 Å². The molecule has 0 saturated carbocycles. The molecule has 37 heavy (non-hydrogen) atoms. The monoisotopic (exact) mass is 578 g/mol. The Labute approximate surface area is 237 Å². The van der Waals surface area contributed by atoms with Gasteiger partial charge in [-0.1, -0.05) is 19.1 Å². The van der Waals surface area contributed by atoms with Gasteiger partial charge in [0.25, 0.3) is 0 Å². The fourth-order valence-electron chi connectivity index (χ4n) is 4.46. The molecule has 0 atom stereocenters. The van der Waals surface area contributed by atoms with Crippen LogP contribution < -0.4 is 15.8 Å². The summed E-state index contributed by atoms with van der Waals surface area (Å²) in [6.45, 7) is 2.25. The highest BCUT2D eigenvalue weighted by Crippen LogP contribution is 2.49. The van der Waals surface area contributed by atoms with Crippen LogP contribution in [0.4, 0.5) is 10.0 Å². The topological polar surface area (TPSA) is 47.3 Å². The van der Waals surface area contributed by atoms with E-state index in [0.717, 1.165) is 23.6 Å². The number of hydrogen-bond acceptors (Lipinski definition) is 8. The summed E-state index contributed by atoms with van der Waals surface area (Å²) in [7, 11) is 3.73. The van der Waals surface area contributed by atoms with Crippen LogP contribution in [0.2, 0.25) is 0 Å². The van der Waals surface area contributed by atoms with Crippen LogP contribution in [0.3, 0.4) is 0 Å². The first-order valence-corrected chi connectivity index (χ1v) is 16.1. The molecule has 0 bridgehead atoms. The Morgan fingerprint density at radius 3 is 2.19 bits per heavy atom. The number of methoxy groups -OCH3 is 1. The van der Waals surface area contributed by atoms with Crippen LogP contribution in [0, 0.1) is 0 Å². The highest BCUT2D eigenvalue weighted by atomic mass is 32.1. The number of aryl methyl sites for hydroxylation is 1. The Morgan fingerprint density at radius 2 is 1.46 bits per heavy atom. The van der Waals surface area contributed by atoms with Crippen molar-refractivity contribution in [3.8, 4) is 35.0 Å². The molecule has 0 fully saturated rings. The molecular formula is C29H26N2OS5. The normalized spacial score (nSPS) is 13.2. The van der Waals surface area contributed by atoms with Gasteiger partial charge < -0.3 is 15.8 Å². The van der Waals surface area contributed by atoms with Crippen LogP contribution in [0.15, 0.2) is 60.7 Å². The summed E-state index contributed by atoms with van der Waals surface area (Å²) in [5, 5.41) is 5.29. The number of thiophene rings is 5. The van der Waals surface area contributed by atoms with Gasteiger partial charge in [0, 0.05) is 53.7 Å². The van der Waals surface area contributed by atoms with Crippen molar-refractivity contribution in [3.05, 3.63) is 76.0 Å². The lowest BCUT2D eigenvalue weighted by atomic mass is 10.1. The van der Waals surface area contributed by atoms with E-state index in [-0.39, 0.29) is 0 Å². The molecule has 0 unspecified atom stereocenters. The molecule has 6 rings (SSSR count). The lowest BCUT2D eigenvalue weighted by Crippen LogP contribution is -1.85. The molecule has 8 heteroatoms. The molecule has 0 radical (unpaired) electrons. The summed E-state index contributed by atoms with van der Waals surface area (Å²) in [4.78, 5) is 10.4. The van der Waals surface area contributed by atoms with Gasteiger partial charge in [-0.3, -0.25) is 0 Å². The van der Waals surface area contributed by atoms with Crippen LogP contribution in [0.5, 0.6) is 5.75 Å². The molecule has 0 aromatic carbocycles. The van der Waals surface area contributed by atoms with Crippen molar-refractivity contribution in [1.29, 1.82) is 0 Å². The van der Waals surface area contributed by atoms with Gasteiger partial charge in [0.15, 0.2) is 0 Å². The number of nitrogens with one attached hydrogen (secondary N) is 1. The fraction of sp³-hybridized carbons (Fsp3) is 0.172. The van der Waals surface area contributed by atoms with Gasteiger partial charge in [0.05, 0.1) is 22.0 Å². The number of anilines is 2. The third-order valence-electron chi connectivity index (χ3n) is 6.38. The van der Waals surface area contributed by atoms with E-state index in [1.165, 1.54) is 60.7 Å². The molecule has 5 heterocycles. The lowest BCUT2D eigenvalue weighted by Gasteiger charge is -2.05. The predicted octanol–water partition coefficient (Wildman–Crippen LogP) is 10.1. The second-order valence-corrected chi connectivity index (χ2v) is 14.1. The Hall–Kier alpha value is -2.62. The smallest absolute Gasteiger partial charge is 0.137 e. The van der Waals surface area contributed by atoms with E-state index in [2.05, 4.69) is 66.9 Å². The fourth-order valence-corrected chi connectivity index (χ4v) is 9.84. The zero-order valence-corrected chi connectivity index (χ0v) is 24.8. The number of ether oxygens (including phenoxy) is 1. The third kappa shape index (κ3) is 4.73. The highest BCUT2D eigenvalue weighted by Gasteiger charge is 2.21. The van der Waals surface area contributed by atoms with Crippen molar-refractivity contribution >= 4 is 77.8 Å². The third-order valence-corrected chi connectivity index (χ3v) is 12.5. The summed E-state index contributed by atoms with van der Waals surface area (Å²) >= 11 is 9.03. The highest BCUT2D eigenvalue weighted by molar-refractivity contribution is 7.28. The van der Waals surface area contributed by atoms with Gasteiger partial charge >= 0.3 is 0 Å². The standard InChI is InChI=1S/C29H26N2OS5/c1-4-16-14-24(22-10-12-27(31-2)35-22)37-29(16)23-8-7-20(33-23)17-5-6-18(13-17)28-19(32-3)15-25(36-28)21-9-11-26(30)34-21/h5-12,14-15,31H,4,13,30H2,1-3H3. The van der Waals surface area contributed by atoms with E-state index in [9.17, 15) is 0 Å². The van der Waals surface area contributed by atoms with Crippen molar-refractivity contribution in [3.63, 3.8) is 0 Å². The Kier molecular flexibility index (Phi) is 6.86. The quantitative estimate of drug-likeness (QED) is 0.193. The molecule has 188 valence electrons. The van der Waals surface area contributed by atoms with Gasteiger partial charge in [-0.25, -0.2) is 0 Å². The second-order valence-electron chi connectivity index (χ2n) is 8.67. The number of nitrogens with two attached hydrogens (primary N) is 1. The summed E-state index contributed by atoms with van der Waals surface area (Å²) in [5.41, 5.74) is 10.1. The summed E-state index contributed by atoms with van der Waals surface area (Å²) in [5.74, 6) is 0.938. The van der Waals surface area contributed by atoms with Gasteiger partial charge in [-0.2, -0.15) is 0 Å². The minimum atomic E-state index is 0.837. The average Bonchev–Trinajstić information content (AvgIpc) is 3.74. The molecule has 1 aliphatic carbocycles. The molecule has 5 aromatic rings. The van der Waals surface area contributed by atoms with Gasteiger partial charge in [-0.15, -0.1) is 56.7 Å². The largest absolute Gasteiger partial charge is 0.495 e. The molecule has 3 N–H and O–H groups in total. The van der Waals surface area contributed by atoms with E-state index in [0.29, 0.717) is 0 Å². The van der Waals surface area contributed by atoms with Gasteiger partial charge in [0.2, 0.25) is 0 Å².